The molecule has 3 aromatic rings. The molecule has 124 valence electrons. The fourth-order valence-corrected chi connectivity index (χ4v) is 3.39. The molecule has 0 unspecified atom stereocenters. The van der Waals surface area contributed by atoms with Crippen molar-refractivity contribution < 1.29 is 14.3 Å². The van der Waals surface area contributed by atoms with Gasteiger partial charge in [0.1, 0.15) is 11.5 Å². The maximum atomic E-state index is 12.9. The second kappa shape index (κ2) is 6.10. The third-order valence-electron chi connectivity index (χ3n) is 4.66. The van der Waals surface area contributed by atoms with E-state index in [1.54, 1.807) is 25.3 Å². The Morgan fingerprint density at radius 1 is 0.880 bits per heavy atom. The van der Waals surface area contributed by atoms with Crippen molar-refractivity contribution in [3.63, 3.8) is 0 Å². The van der Waals surface area contributed by atoms with E-state index in [2.05, 4.69) is 0 Å². The average Bonchev–Trinajstić information content (AvgIpc) is 2.68. The Morgan fingerprint density at radius 2 is 1.48 bits per heavy atom. The van der Waals surface area contributed by atoms with Crippen LogP contribution >= 0.6 is 0 Å². The number of rotatable bonds is 3. The van der Waals surface area contributed by atoms with E-state index >= 15 is 0 Å². The first-order valence-corrected chi connectivity index (χ1v) is 8.24. The average molecular weight is 330 g/mol. The van der Waals surface area contributed by atoms with Gasteiger partial charge in [-0.2, -0.15) is 0 Å². The van der Waals surface area contributed by atoms with Gasteiger partial charge in [0, 0.05) is 17.2 Å². The molecule has 0 amide bonds. The van der Waals surface area contributed by atoms with Crippen LogP contribution in [-0.2, 0) is 5.60 Å². The second-order valence-corrected chi connectivity index (χ2v) is 6.12. The second-order valence-electron chi connectivity index (χ2n) is 6.12. The van der Waals surface area contributed by atoms with Crippen molar-refractivity contribution in [2.75, 3.05) is 7.11 Å². The van der Waals surface area contributed by atoms with Crippen LogP contribution in [-0.4, -0.2) is 12.9 Å². The molecule has 1 heterocycles. The monoisotopic (exact) mass is 330 g/mol. The molecule has 4 rings (SSSR count). The summed E-state index contributed by atoms with van der Waals surface area (Å²) in [5, 5.41) is 0. The highest BCUT2D eigenvalue weighted by Gasteiger charge is 2.43. The standard InChI is InChI=1S/C22H18O3/c1-24-18-12-13-19-20(23)15-22(25-21(19)14-18,16-8-4-2-5-9-16)17-10-6-3-7-11-17/h2-14H,15H2,1H3. The summed E-state index contributed by atoms with van der Waals surface area (Å²) in [5.41, 5.74) is 1.69. The van der Waals surface area contributed by atoms with Crippen molar-refractivity contribution in [2.45, 2.75) is 12.0 Å². The lowest BCUT2D eigenvalue weighted by molar-refractivity contribution is 0.0615. The van der Waals surface area contributed by atoms with Crippen molar-refractivity contribution in [2.24, 2.45) is 0 Å². The minimum Gasteiger partial charge on any atom is -0.497 e. The number of fused-ring (bicyclic) bond motifs is 1. The van der Waals surface area contributed by atoms with E-state index in [1.807, 2.05) is 60.7 Å². The molecular formula is C22H18O3. The van der Waals surface area contributed by atoms with E-state index in [0.29, 0.717) is 17.1 Å². The number of ether oxygens (including phenoxy) is 2. The Kier molecular flexibility index (Phi) is 3.77. The van der Waals surface area contributed by atoms with Gasteiger partial charge >= 0.3 is 0 Å². The molecule has 0 aliphatic carbocycles. The molecule has 1 aliphatic heterocycles. The maximum Gasteiger partial charge on any atom is 0.171 e. The van der Waals surface area contributed by atoms with Crippen LogP contribution in [0.25, 0.3) is 0 Å². The summed E-state index contributed by atoms with van der Waals surface area (Å²) in [7, 11) is 1.61. The predicted octanol–water partition coefficient (Wildman–Crippen LogP) is 4.60. The Labute approximate surface area is 146 Å². The zero-order chi connectivity index (χ0) is 17.3. The summed E-state index contributed by atoms with van der Waals surface area (Å²) < 4.78 is 11.8. The molecule has 0 bridgehead atoms. The molecule has 0 N–H and O–H groups in total. The summed E-state index contributed by atoms with van der Waals surface area (Å²) in [4.78, 5) is 12.9. The smallest absolute Gasteiger partial charge is 0.171 e. The Balaban J connectivity index is 1.92. The van der Waals surface area contributed by atoms with Crippen LogP contribution in [0.3, 0.4) is 0 Å². The van der Waals surface area contributed by atoms with Crippen LogP contribution in [0.2, 0.25) is 0 Å². The quantitative estimate of drug-likeness (QED) is 0.704. The number of Topliss-reactive ketones (excluding diaryl/α,β-unsaturated/α-hetero) is 1. The van der Waals surface area contributed by atoms with Crippen molar-refractivity contribution in [1.29, 1.82) is 0 Å². The third kappa shape index (κ3) is 2.58. The normalized spacial score (nSPS) is 15.2. The van der Waals surface area contributed by atoms with Gasteiger partial charge in [0.25, 0.3) is 0 Å². The number of hydrogen-bond donors (Lipinski definition) is 0. The highest BCUT2D eigenvalue weighted by Crippen LogP contribution is 2.45. The van der Waals surface area contributed by atoms with Gasteiger partial charge < -0.3 is 9.47 Å². The lowest BCUT2D eigenvalue weighted by atomic mass is 9.79. The summed E-state index contributed by atoms with van der Waals surface area (Å²) in [5.74, 6) is 1.29. The van der Waals surface area contributed by atoms with Crippen molar-refractivity contribution in [3.05, 3.63) is 95.6 Å². The molecule has 0 atom stereocenters. The number of carbonyl (C=O) groups is 1. The summed E-state index contributed by atoms with van der Waals surface area (Å²) in [6.07, 6.45) is 0.264. The first-order chi connectivity index (χ1) is 12.2. The van der Waals surface area contributed by atoms with Crippen molar-refractivity contribution in [3.8, 4) is 11.5 Å². The zero-order valence-electron chi connectivity index (χ0n) is 13.9. The molecule has 3 heteroatoms. The van der Waals surface area contributed by atoms with E-state index in [4.69, 9.17) is 9.47 Å². The van der Waals surface area contributed by atoms with Crippen molar-refractivity contribution in [1.82, 2.24) is 0 Å². The molecule has 0 aromatic heterocycles. The van der Waals surface area contributed by atoms with Gasteiger partial charge in [0.05, 0.1) is 19.1 Å². The molecule has 1 aliphatic rings. The van der Waals surface area contributed by atoms with Gasteiger partial charge in [0.15, 0.2) is 11.4 Å². The van der Waals surface area contributed by atoms with E-state index in [9.17, 15) is 4.79 Å². The number of benzene rings is 3. The first kappa shape index (κ1) is 15.5. The lowest BCUT2D eigenvalue weighted by Crippen LogP contribution is -2.40. The van der Waals surface area contributed by atoms with Gasteiger partial charge in [-0.25, -0.2) is 0 Å². The molecule has 25 heavy (non-hydrogen) atoms. The summed E-state index contributed by atoms with van der Waals surface area (Å²) in [6, 6.07) is 25.2. The van der Waals surface area contributed by atoms with Crippen molar-refractivity contribution >= 4 is 5.78 Å². The van der Waals surface area contributed by atoms with E-state index < -0.39 is 5.60 Å². The summed E-state index contributed by atoms with van der Waals surface area (Å²) >= 11 is 0. The molecular weight excluding hydrogens is 312 g/mol. The number of methoxy groups -OCH3 is 1. The summed E-state index contributed by atoms with van der Waals surface area (Å²) in [6.45, 7) is 0. The highest BCUT2D eigenvalue weighted by atomic mass is 16.5. The molecule has 0 fully saturated rings. The molecule has 0 saturated heterocycles. The maximum absolute atomic E-state index is 12.9. The topological polar surface area (TPSA) is 35.5 Å². The van der Waals surface area contributed by atoms with Crippen LogP contribution < -0.4 is 9.47 Å². The Morgan fingerprint density at radius 3 is 2.04 bits per heavy atom. The minimum atomic E-state index is -0.834. The zero-order valence-corrected chi connectivity index (χ0v) is 13.9. The molecule has 3 aromatic carbocycles. The fourth-order valence-electron chi connectivity index (χ4n) is 3.39. The fraction of sp³-hybridized carbons (Fsp3) is 0.136. The Bertz CT molecular complexity index is 862. The van der Waals surface area contributed by atoms with Gasteiger partial charge in [-0.3, -0.25) is 4.79 Å². The SMILES string of the molecule is COc1ccc2c(c1)OC(c1ccccc1)(c1ccccc1)CC2=O. The molecule has 3 nitrogen and oxygen atoms in total. The first-order valence-electron chi connectivity index (χ1n) is 8.24. The van der Waals surface area contributed by atoms with Crippen LogP contribution in [0.15, 0.2) is 78.9 Å². The lowest BCUT2D eigenvalue weighted by Gasteiger charge is -2.39. The minimum absolute atomic E-state index is 0.0663. The number of carbonyl (C=O) groups excluding carboxylic acids is 1. The van der Waals surface area contributed by atoms with E-state index in [1.165, 1.54) is 0 Å². The number of hydrogen-bond acceptors (Lipinski definition) is 3. The van der Waals surface area contributed by atoms with Gasteiger partial charge in [-0.1, -0.05) is 60.7 Å². The van der Waals surface area contributed by atoms with Gasteiger partial charge in [-0.05, 0) is 12.1 Å². The molecule has 0 saturated carbocycles. The number of ketones is 1. The van der Waals surface area contributed by atoms with Gasteiger partial charge in [-0.15, -0.1) is 0 Å². The predicted molar refractivity (Wildman–Crippen MR) is 96.2 cm³/mol. The van der Waals surface area contributed by atoms with Crippen LogP contribution in [0.4, 0.5) is 0 Å². The third-order valence-corrected chi connectivity index (χ3v) is 4.66. The van der Waals surface area contributed by atoms with Crippen LogP contribution in [0.1, 0.15) is 27.9 Å². The Hall–Kier alpha value is -3.07. The van der Waals surface area contributed by atoms with E-state index in [0.717, 1.165) is 11.1 Å². The van der Waals surface area contributed by atoms with Crippen LogP contribution in [0.5, 0.6) is 11.5 Å². The van der Waals surface area contributed by atoms with Gasteiger partial charge in [0.2, 0.25) is 0 Å². The van der Waals surface area contributed by atoms with E-state index in [-0.39, 0.29) is 12.2 Å². The molecule has 0 spiro atoms. The van der Waals surface area contributed by atoms with Crippen LogP contribution in [0, 0.1) is 0 Å². The largest absolute Gasteiger partial charge is 0.497 e. The highest BCUT2D eigenvalue weighted by molar-refractivity contribution is 6.01. The molecule has 0 radical (unpaired) electrons.